The summed E-state index contributed by atoms with van der Waals surface area (Å²) in [7, 11) is 1.56. The SMILES string of the molecule is COc1ccc(CCN)nn1. The molecule has 0 bridgehead atoms. The predicted molar refractivity (Wildman–Crippen MR) is 41.3 cm³/mol. The molecule has 0 saturated carbocycles. The summed E-state index contributed by atoms with van der Waals surface area (Å²) >= 11 is 0. The van der Waals surface area contributed by atoms with Crippen LogP contribution in [0.25, 0.3) is 0 Å². The van der Waals surface area contributed by atoms with Gasteiger partial charge in [-0.25, -0.2) is 0 Å². The molecule has 0 aliphatic heterocycles. The first kappa shape index (κ1) is 7.94. The van der Waals surface area contributed by atoms with Gasteiger partial charge in [0.05, 0.1) is 12.8 Å². The molecule has 0 aliphatic carbocycles. The lowest BCUT2D eigenvalue weighted by Crippen LogP contribution is -2.05. The maximum atomic E-state index is 5.33. The van der Waals surface area contributed by atoms with Crippen LogP contribution in [0.1, 0.15) is 5.69 Å². The van der Waals surface area contributed by atoms with E-state index in [1.54, 1.807) is 13.2 Å². The first-order valence-corrected chi connectivity index (χ1v) is 3.43. The lowest BCUT2D eigenvalue weighted by molar-refractivity contribution is 0.391. The summed E-state index contributed by atoms with van der Waals surface area (Å²) in [5, 5.41) is 7.67. The zero-order valence-corrected chi connectivity index (χ0v) is 6.45. The molecule has 1 heterocycles. The van der Waals surface area contributed by atoms with Crippen LogP contribution in [-0.2, 0) is 6.42 Å². The average molecular weight is 153 g/mol. The molecular formula is C7H11N3O. The first-order valence-electron chi connectivity index (χ1n) is 3.43. The van der Waals surface area contributed by atoms with E-state index in [-0.39, 0.29) is 0 Å². The maximum Gasteiger partial charge on any atom is 0.233 e. The van der Waals surface area contributed by atoms with Gasteiger partial charge in [-0.3, -0.25) is 0 Å². The number of nitrogens with zero attached hydrogens (tertiary/aromatic N) is 2. The molecule has 0 fully saturated rings. The lowest BCUT2D eigenvalue weighted by Gasteiger charge is -1.98. The molecule has 0 spiro atoms. The Morgan fingerprint density at radius 1 is 1.45 bits per heavy atom. The van der Waals surface area contributed by atoms with Crippen molar-refractivity contribution in [1.29, 1.82) is 0 Å². The Balaban J connectivity index is 2.66. The van der Waals surface area contributed by atoms with Crippen LogP contribution >= 0.6 is 0 Å². The molecule has 1 aromatic rings. The summed E-state index contributed by atoms with van der Waals surface area (Å²) in [6.07, 6.45) is 0.761. The molecule has 4 nitrogen and oxygen atoms in total. The van der Waals surface area contributed by atoms with Gasteiger partial charge in [-0.1, -0.05) is 0 Å². The van der Waals surface area contributed by atoms with Crippen molar-refractivity contribution in [2.45, 2.75) is 6.42 Å². The number of ether oxygens (including phenoxy) is 1. The molecule has 2 N–H and O–H groups in total. The first-order chi connectivity index (χ1) is 5.36. The van der Waals surface area contributed by atoms with E-state index < -0.39 is 0 Å². The highest BCUT2D eigenvalue weighted by atomic mass is 16.5. The highest BCUT2D eigenvalue weighted by Crippen LogP contribution is 2.02. The van der Waals surface area contributed by atoms with Crippen molar-refractivity contribution in [3.8, 4) is 5.88 Å². The summed E-state index contributed by atoms with van der Waals surface area (Å²) in [4.78, 5) is 0. The summed E-state index contributed by atoms with van der Waals surface area (Å²) in [5.41, 5.74) is 6.23. The number of hydrogen-bond acceptors (Lipinski definition) is 4. The van der Waals surface area contributed by atoms with Gasteiger partial charge in [0.2, 0.25) is 5.88 Å². The number of methoxy groups -OCH3 is 1. The fourth-order valence-corrected chi connectivity index (χ4v) is 0.738. The highest BCUT2D eigenvalue weighted by Gasteiger charge is 1.94. The van der Waals surface area contributed by atoms with E-state index in [4.69, 9.17) is 10.5 Å². The highest BCUT2D eigenvalue weighted by molar-refractivity contribution is 5.11. The van der Waals surface area contributed by atoms with Gasteiger partial charge in [0.25, 0.3) is 0 Å². The van der Waals surface area contributed by atoms with Gasteiger partial charge >= 0.3 is 0 Å². The lowest BCUT2D eigenvalue weighted by atomic mass is 10.3. The van der Waals surface area contributed by atoms with Crippen LogP contribution in [0.2, 0.25) is 0 Å². The molecule has 0 atom stereocenters. The molecule has 0 amide bonds. The van der Waals surface area contributed by atoms with Crippen LogP contribution in [0.5, 0.6) is 5.88 Å². The van der Waals surface area contributed by atoms with Crippen molar-refractivity contribution in [3.63, 3.8) is 0 Å². The Labute approximate surface area is 65.4 Å². The minimum Gasteiger partial charge on any atom is -0.480 e. The summed E-state index contributed by atoms with van der Waals surface area (Å²) in [5.74, 6) is 0.533. The van der Waals surface area contributed by atoms with Gasteiger partial charge in [0.1, 0.15) is 0 Å². The van der Waals surface area contributed by atoms with E-state index in [1.807, 2.05) is 6.07 Å². The third-order valence-electron chi connectivity index (χ3n) is 1.30. The summed E-state index contributed by atoms with van der Waals surface area (Å²) in [6, 6.07) is 3.64. The van der Waals surface area contributed by atoms with E-state index in [1.165, 1.54) is 0 Å². The van der Waals surface area contributed by atoms with E-state index in [9.17, 15) is 0 Å². The van der Waals surface area contributed by atoms with Crippen LogP contribution in [-0.4, -0.2) is 23.9 Å². The zero-order valence-electron chi connectivity index (χ0n) is 6.45. The summed E-state index contributed by atoms with van der Waals surface area (Å²) in [6.45, 7) is 0.598. The minimum absolute atomic E-state index is 0.533. The molecule has 0 saturated heterocycles. The van der Waals surface area contributed by atoms with Crippen LogP contribution in [0.4, 0.5) is 0 Å². The Bertz CT molecular complexity index is 209. The standard InChI is InChI=1S/C7H11N3O/c1-11-7-3-2-6(4-5-8)9-10-7/h2-3H,4-5,8H2,1H3. The topological polar surface area (TPSA) is 61.0 Å². The van der Waals surface area contributed by atoms with Gasteiger partial charge in [0, 0.05) is 12.5 Å². The normalized spacial score (nSPS) is 9.64. The molecule has 60 valence electrons. The molecular weight excluding hydrogens is 142 g/mol. The largest absolute Gasteiger partial charge is 0.480 e. The maximum absolute atomic E-state index is 5.33. The number of hydrogen-bond donors (Lipinski definition) is 1. The Morgan fingerprint density at radius 3 is 2.73 bits per heavy atom. The quantitative estimate of drug-likeness (QED) is 0.663. The van der Waals surface area contributed by atoms with E-state index >= 15 is 0 Å². The number of aromatic nitrogens is 2. The van der Waals surface area contributed by atoms with Crippen LogP contribution in [0.3, 0.4) is 0 Å². The second-order valence-corrected chi connectivity index (χ2v) is 2.11. The zero-order chi connectivity index (χ0) is 8.10. The minimum atomic E-state index is 0.533. The third-order valence-corrected chi connectivity index (χ3v) is 1.30. The van der Waals surface area contributed by atoms with Crippen molar-refractivity contribution in [3.05, 3.63) is 17.8 Å². The molecule has 4 heteroatoms. The van der Waals surface area contributed by atoms with E-state index in [2.05, 4.69) is 10.2 Å². The average Bonchev–Trinajstić information content (AvgIpc) is 2.07. The van der Waals surface area contributed by atoms with Crippen molar-refractivity contribution in [2.24, 2.45) is 5.73 Å². The predicted octanol–water partition coefficient (Wildman–Crippen LogP) is -0.0136. The van der Waals surface area contributed by atoms with Crippen LogP contribution in [0.15, 0.2) is 12.1 Å². The van der Waals surface area contributed by atoms with Crippen molar-refractivity contribution < 1.29 is 4.74 Å². The smallest absolute Gasteiger partial charge is 0.233 e. The van der Waals surface area contributed by atoms with E-state index in [0.29, 0.717) is 12.4 Å². The van der Waals surface area contributed by atoms with Crippen molar-refractivity contribution in [2.75, 3.05) is 13.7 Å². The molecule has 11 heavy (non-hydrogen) atoms. The molecule has 0 unspecified atom stereocenters. The van der Waals surface area contributed by atoms with Crippen LogP contribution in [0, 0.1) is 0 Å². The van der Waals surface area contributed by atoms with Gasteiger partial charge in [-0.2, -0.15) is 5.10 Å². The second-order valence-electron chi connectivity index (χ2n) is 2.11. The third kappa shape index (κ3) is 2.16. The molecule has 1 aromatic heterocycles. The van der Waals surface area contributed by atoms with Gasteiger partial charge in [-0.05, 0) is 12.6 Å². The van der Waals surface area contributed by atoms with Crippen molar-refractivity contribution >= 4 is 0 Å². The van der Waals surface area contributed by atoms with Crippen molar-refractivity contribution in [1.82, 2.24) is 10.2 Å². The van der Waals surface area contributed by atoms with Gasteiger partial charge in [-0.15, -0.1) is 5.10 Å². The van der Waals surface area contributed by atoms with E-state index in [0.717, 1.165) is 12.1 Å². The Morgan fingerprint density at radius 2 is 2.27 bits per heavy atom. The Kier molecular flexibility index (Phi) is 2.80. The molecule has 1 rings (SSSR count). The molecule has 0 radical (unpaired) electrons. The Hall–Kier alpha value is -1.16. The number of nitrogens with two attached hydrogens (primary N) is 1. The second kappa shape index (κ2) is 3.88. The summed E-state index contributed by atoms with van der Waals surface area (Å²) < 4.78 is 4.84. The number of rotatable bonds is 3. The fourth-order valence-electron chi connectivity index (χ4n) is 0.738. The van der Waals surface area contributed by atoms with Crippen LogP contribution < -0.4 is 10.5 Å². The molecule has 0 aromatic carbocycles. The molecule has 0 aliphatic rings. The monoisotopic (exact) mass is 153 g/mol. The van der Waals surface area contributed by atoms with Gasteiger partial charge in [0.15, 0.2) is 0 Å². The fraction of sp³-hybridized carbons (Fsp3) is 0.429. The van der Waals surface area contributed by atoms with Gasteiger partial charge < -0.3 is 10.5 Å².